The van der Waals surface area contributed by atoms with E-state index >= 15 is 0 Å². The predicted molar refractivity (Wildman–Crippen MR) is 94.6 cm³/mol. The molecule has 0 heterocycles. The van der Waals surface area contributed by atoms with Crippen LogP contribution in [0.15, 0.2) is 42.5 Å². The molecule has 1 nitrogen and oxygen atoms in total. The molecule has 118 valence electrons. The number of unbranched alkanes of at least 4 members (excludes halogenated alkanes) is 1. The highest BCUT2D eigenvalue weighted by atomic mass is 16.3. The largest absolute Gasteiger partial charge is 0.508 e. The smallest absolute Gasteiger partial charge is 0.118 e. The number of aromatic hydroxyl groups is 1. The van der Waals surface area contributed by atoms with Crippen LogP contribution in [0.3, 0.4) is 0 Å². The van der Waals surface area contributed by atoms with Gasteiger partial charge in [0.2, 0.25) is 0 Å². The summed E-state index contributed by atoms with van der Waals surface area (Å²) in [6.07, 6.45) is 4.32. The average Bonchev–Trinajstić information content (AvgIpc) is 2.45. The van der Waals surface area contributed by atoms with E-state index in [2.05, 4.69) is 45.9 Å². The Bertz CT molecular complexity index is 620. The van der Waals surface area contributed by atoms with E-state index in [-0.39, 0.29) is 5.41 Å². The maximum Gasteiger partial charge on any atom is 0.118 e. The van der Waals surface area contributed by atoms with Crippen molar-refractivity contribution >= 4 is 0 Å². The summed E-state index contributed by atoms with van der Waals surface area (Å²) >= 11 is 0. The van der Waals surface area contributed by atoms with Crippen molar-refractivity contribution in [1.29, 1.82) is 0 Å². The van der Waals surface area contributed by atoms with E-state index in [0.29, 0.717) is 5.75 Å². The normalized spacial score (nSPS) is 11.6. The summed E-state index contributed by atoms with van der Waals surface area (Å²) in [6, 6.07) is 14.5. The molecular formula is C21H28O. The van der Waals surface area contributed by atoms with E-state index in [4.69, 9.17) is 0 Å². The van der Waals surface area contributed by atoms with Gasteiger partial charge in [-0.2, -0.15) is 0 Å². The van der Waals surface area contributed by atoms with Crippen LogP contribution < -0.4 is 0 Å². The summed E-state index contributed by atoms with van der Waals surface area (Å²) in [5, 5.41) is 9.81. The van der Waals surface area contributed by atoms with Crippen LogP contribution >= 0.6 is 0 Å². The van der Waals surface area contributed by atoms with Gasteiger partial charge in [-0.3, -0.25) is 0 Å². The third-order valence-corrected chi connectivity index (χ3v) is 4.21. The van der Waals surface area contributed by atoms with Gasteiger partial charge in [-0.05, 0) is 60.8 Å². The Kier molecular flexibility index (Phi) is 5.28. The number of para-hydroxylation sites is 1. The fourth-order valence-corrected chi connectivity index (χ4v) is 2.96. The molecule has 0 saturated carbocycles. The molecule has 1 N–H and O–H groups in total. The van der Waals surface area contributed by atoms with Crippen LogP contribution in [0.1, 0.15) is 55.9 Å². The monoisotopic (exact) mass is 296 g/mol. The van der Waals surface area contributed by atoms with Crippen molar-refractivity contribution < 1.29 is 5.11 Å². The Morgan fingerprint density at radius 1 is 0.864 bits per heavy atom. The lowest BCUT2D eigenvalue weighted by atomic mass is 9.81. The topological polar surface area (TPSA) is 20.2 Å². The molecule has 2 rings (SSSR count). The zero-order chi connectivity index (χ0) is 16.2. The first-order valence-corrected chi connectivity index (χ1v) is 8.25. The Morgan fingerprint density at radius 2 is 1.50 bits per heavy atom. The van der Waals surface area contributed by atoms with Crippen LogP contribution in [0, 0.1) is 6.92 Å². The molecular weight excluding hydrogens is 268 g/mol. The van der Waals surface area contributed by atoms with Crippen molar-refractivity contribution in [2.24, 2.45) is 0 Å². The Morgan fingerprint density at radius 3 is 2.14 bits per heavy atom. The van der Waals surface area contributed by atoms with Crippen LogP contribution in [0.5, 0.6) is 5.75 Å². The molecule has 2 aromatic carbocycles. The van der Waals surface area contributed by atoms with Crippen molar-refractivity contribution in [1.82, 2.24) is 0 Å². The van der Waals surface area contributed by atoms with Crippen LogP contribution in [0.2, 0.25) is 0 Å². The fraction of sp³-hybridized carbons (Fsp3) is 0.429. The maximum absolute atomic E-state index is 9.81. The molecule has 0 aliphatic carbocycles. The molecule has 0 aliphatic rings. The third-order valence-electron chi connectivity index (χ3n) is 4.21. The van der Waals surface area contributed by atoms with Gasteiger partial charge in [0.1, 0.15) is 5.75 Å². The number of hydrogen-bond donors (Lipinski definition) is 1. The SMILES string of the molecule is Cc1ccc(CCCCc2ccccc2O)c(C(C)(C)C)c1. The molecule has 0 aromatic heterocycles. The first-order chi connectivity index (χ1) is 10.4. The lowest BCUT2D eigenvalue weighted by Gasteiger charge is -2.23. The van der Waals surface area contributed by atoms with Crippen LogP contribution in [0.4, 0.5) is 0 Å². The van der Waals surface area contributed by atoms with Gasteiger partial charge in [-0.15, -0.1) is 0 Å². The van der Waals surface area contributed by atoms with E-state index in [0.717, 1.165) is 31.2 Å². The molecule has 0 spiro atoms. The van der Waals surface area contributed by atoms with Gasteiger partial charge in [0.05, 0.1) is 0 Å². The molecule has 1 heteroatoms. The highest BCUT2D eigenvalue weighted by Crippen LogP contribution is 2.28. The van der Waals surface area contributed by atoms with Gasteiger partial charge in [-0.1, -0.05) is 62.7 Å². The minimum Gasteiger partial charge on any atom is -0.508 e. The van der Waals surface area contributed by atoms with Gasteiger partial charge in [0.25, 0.3) is 0 Å². The lowest BCUT2D eigenvalue weighted by Crippen LogP contribution is -2.14. The summed E-state index contributed by atoms with van der Waals surface area (Å²) in [7, 11) is 0. The summed E-state index contributed by atoms with van der Waals surface area (Å²) in [6.45, 7) is 9.02. The van der Waals surface area contributed by atoms with E-state index in [1.165, 1.54) is 16.7 Å². The molecule has 0 fully saturated rings. The number of aryl methyl sites for hydroxylation is 3. The summed E-state index contributed by atoms with van der Waals surface area (Å²) in [4.78, 5) is 0. The highest BCUT2D eigenvalue weighted by molar-refractivity contribution is 5.36. The number of hydrogen-bond acceptors (Lipinski definition) is 1. The molecule has 0 radical (unpaired) electrons. The van der Waals surface area contributed by atoms with Gasteiger partial charge in [0.15, 0.2) is 0 Å². The van der Waals surface area contributed by atoms with E-state index < -0.39 is 0 Å². The second-order valence-corrected chi connectivity index (χ2v) is 7.25. The number of phenols is 1. The molecule has 0 aliphatic heterocycles. The van der Waals surface area contributed by atoms with Crippen molar-refractivity contribution in [3.63, 3.8) is 0 Å². The van der Waals surface area contributed by atoms with Crippen molar-refractivity contribution in [3.8, 4) is 5.75 Å². The second-order valence-electron chi connectivity index (χ2n) is 7.25. The highest BCUT2D eigenvalue weighted by Gasteiger charge is 2.17. The Hall–Kier alpha value is -1.76. The molecule has 0 bridgehead atoms. The number of phenolic OH excluding ortho intramolecular Hbond substituents is 1. The average molecular weight is 296 g/mol. The summed E-state index contributed by atoms with van der Waals surface area (Å²) < 4.78 is 0. The van der Waals surface area contributed by atoms with Gasteiger partial charge < -0.3 is 5.11 Å². The van der Waals surface area contributed by atoms with E-state index in [1.54, 1.807) is 6.07 Å². The molecule has 0 amide bonds. The first-order valence-electron chi connectivity index (χ1n) is 8.25. The molecule has 22 heavy (non-hydrogen) atoms. The zero-order valence-corrected chi connectivity index (χ0v) is 14.3. The van der Waals surface area contributed by atoms with Crippen LogP contribution in [-0.4, -0.2) is 5.11 Å². The minimum absolute atomic E-state index is 0.194. The second kappa shape index (κ2) is 7.00. The van der Waals surface area contributed by atoms with Crippen molar-refractivity contribution in [2.75, 3.05) is 0 Å². The number of benzene rings is 2. The summed E-state index contributed by atoms with van der Waals surface area (Å²) in [5.41, 5.74) is 5.52. The minimum atomic E-state index is 0.194. The molecule has 0 saturated heterocycles. The quantitative estimate of drug-likeness (QED) is 0.716. The standard InChI is InChI=1S/C21H28O/c1-16-13-14-17(19(15-16)21(2,3)4)9-5-6-10-18-11-7-8-12-20(18)22/h7-8,11-15,22H,5-6,9-10H2,1-4H3. The van der Waals surface area contributed by atoms with Gasteiger partial charge in [-0.25, -0.2) is 0 Å². The summed E-state index contributed by atoms with van der Waals surface area (Å²) in [5.74, 6) is 0.424. The van der Waals surface area contributed by atoms with Crippen molar-refractivity contribution in [2.45, 2.75) is 58.8 Å². The van der Waals surface area contributed by atoms with Gasteiger partial charge in [0, 0.05) is 0 Å². The molecule has 2 aromatic rings. The van der Waals surface area contributed by atoms with Crippen LogP contribution in [-0.2, 0) is 18.3 Å². The maximum atomic E-state index is 9.81. The predicted octanol–water partition coefficient (Wildman–Crippen LogP) is 5.56. The Balaban J connectivity index is 1.96. The molecule has 0 atom stereocenters. The van der Waals surface area contributed by atoms with Gasteiger partial charge >= 0.3 is 0 Å². The lowest BCUT2D eigenvalue weighted by molar-refractivity contribution is 0.466. The number of rotatable bonds is 5. The molecule has 0 unspecified atom stereocenters. The Labute approximate surface area is 135 Å². The first kappa shape index (κ1) is 16.6. The van der Waals surface area contributed by atoms with E-state index in [1.807, 2.05) is 18.2 Å². The zero-order valence-electron chi connectivity index (χ0n) is 14.3. The van der Waals surface area contributed by atoms with Crippen molar-refractivity contribution in [3.05, 3.63) is 64.7 Å². The van der Waals surface area contributed by atoms with E-state index in [9.17, 15) is 5.11 Å². The fourth-order valence-electron chi connectivity index (χ4n) is 2.96. The third kappa shape index (κ3) is 4.37. The van der Waals surface area contributed by atoms with Crippen LogP contribution in [0.25, 0.3) is 0 Å².